The zero-order chi connectivity index (χ0) is 21.5. The summed E-state index contributed by atoms with van der Waals surface area (Å²) in [6, 6.07) is 7.09. The van der Waals surface area contributed by atoms with Crippen LogP contribution in [0.25, 0.3) is 0 Å². The van der Waals surface area contributed by atoms with Crippen molar-refractivity contribution in [2.75, 3.05) is 4.90 Å². The van der Waals surface area contributed by atoms with Gasteiger partial charge in [-0.25, -0.2) is 0 Å². The standard InChI is InChI=1S/C20H12BrCl6NO2/c21-6-1-3-7(4-2-6)28-16(29)10-8-5-9(11(10)17(28)30)13-12(8)18(24)14(22)15(23)19(13,25)20(18,26)27/h1-4,8-13H,5H2/t8-,9+,10-,11+,12-,13-,18+,19+/m0/s1. The van der Waals surface area contributed by atoms with Gasteiger partial charge in [-0.3, -0.25) is 14.5 Å². The fourth-order valence-electron chi connectivity index (χ4n) is 6.99. The summed E-state index contributed by atoms with van der Waals surface area (Å²) in [6.45, 7) is 0. The van der Waals surface area contributed by atoms with Crippen LogP contribution >= 0.6 is 85.5 Å². The lowest BCUT2D eigenvalue weighted by Gasteiger charge is -2.42. The maximum absolute atomic E-state index is 13.4. The monoisotopic (exact) mass is 587 g/mol. The molecule has 0 N–H and O–H groups in total. The highest BCUT2D eigenvalue weighted by molar-refractivity contribution is 9.10. The number of imide groups is 1. The highest BCUT2D eigenvalue weighted by Gasteiger charge is 2.88. The molecule has 6 rings (SSSR count). The normalized spacial score (nSPS) is 47.5. The molecular weight excluding hydrogens is 579 g/mol. The van der Waals surface area contributed by atoms with Crippen molar-refractivity contribution in [1.82, 2.24) is 0 Å². The lowest BCUT2D eigenvalue weighted by Crippen LogP contribution is -2.46. The van der Waals surface area contributed by atoms with E-state index >= 15 is 0 Å². The minimum Gasteiger partial charge on any atom is -0.274 e. The average Bonchev–Trinajstić information content (AvgIpc) is 3.39. The van der Waals surface area contributed by atoms with E-state index in [-0.39, 0.29) is 45.6 Å². The average molecular weight is 591 g/mol. The van der Waals surface area contributed by atoms with E-state index in [2.05, 4.69) is 15.9 Å². The van der Waals surface area contributed by atoms with Crippen molar-refractivity contribution in [3.63, 3.8) is 0 Å². The van der Waals surface area contributed by atoms with Crippen molar-refractivity contribution in [3.05, 3.63) is 38.8 Å². The Bertz CT molecular complexity index is 1020. The molecule has 1 aliphatic heterocycles. The van der Waals surface area contributed by atoms with Gasteiger partial charge in [0.1, 0.15) is 9.75 Å². The Morgan fingerprint density at radius 3 is 1.70 bits per heavy atom. The van der Waals surface area contributed by atoms with E-state index in [1.54, 1.807) is 24.3 Å². The van der Waals surface area contributed by atoms with Gasteiger partial charge in [-0.1, -0.05) is 62.3 Å². The Balaban J connectivity index is 1.47. The van der Waals surface area contributed by atoms with Gasteiger partial charge in [0.15, 0.2) is 4.33 Å². The number of alkyl halides is 4. The molecule has 5 aliphatic rings. The molecule has 1 saturated heterocycles. The van der Waals surface area contributed by atoms with Crippen molar-refractivity contribution >= 4 is 103 Å². The zero-order valence-electron chi connectivity index (χ0n) is 14.9. The molecule has 10 heteroatoms. The van der Waals surface area contributed by atoms with E-state index in [4.69, 9.17) is 69.6 Å². The Morgan fingerprint density at radius 2 is 1.27 bits per heavy atom. The molecule has 4 aliphatic carbocycles. The van der Waals surface area contributed by atoms with Crippen molar-refractivity contribution in [2.24, 2.45) is 35.5 Å². The van der Waals surface area contributed by atoms with Crippen LogP contribution in [0.5, 0.6) is 0 Å². The maximum atomic E-state index is 13.4. The second-order valence-electron chi connectivity index (χ2n) is 8.78. The van der Waals surface area contributed by atoms with Crippen LogP contribution in [-0.2, 0) is 9.59 Å². The minimum atomic E-state index is -1.64. The highest BCUT2D eigenvalue weighted by atomic mass is 79.9. The van der Waals surface area contributed by atoms with Crippen molar-refractivity contribution in [3.8, 4) is 0 Å². The first-order chi connectivity index (χ1) is 14.0. The van der Waals surface area contributed by atoms with E-state index < -0.39 is 25.9 Å². The molecule has 0 aromatic heterocycles. The molecule has 4 fully saturated rings. The third-order valence-corrected chi connectivity index (χ3v) is 12.7. The van der Waals surface area contributed by atoms with Crippen LogP contribution in [0.3, 0.4) is 0 Å². The maximum Gasteiger partial charge on any atom is 0.237 e. The molecular formula is C20H12BrCl6NO2. The molecule has 1 heterocycles. The number of carbonyl (C=O) groups is 2. The second kappa shape index (κ2) is 6.05. The van der Waals surface area contributed by atoms with Gasteiger partial charge in [0, 0.05) is 4.47 Å². The number of hydrogen-bond donors (Lipinski definition) is 0. The number of fused-ring (bicyclic) bond motifs is 12. The predicted molar refractivity (Wildman–Crippen MR) is 123 cm³/mol. The van der Waals surface area contributed by atoms with E-state index in [0.717, 1.165) is 4.47 Å². The Kier molecular flexibility index (Phi) is 4.22. The summed E-state index contributed by atoms with van der Waals surface area (Å²) in [5, 5.41) is 0.301. The number of benzene rings is 1. The van der Waals surface area contributed by atoms with Crippen LogP contribution in [0.4, 0.5) is 5.69 Å². The van der Waals surface area contributed by atoms with Gasteiger partial charge in [-0.15, -0.1) is 23.2 Å². The fourth-order valence-corrected chi connectivity index (χ4v) is 10.4. The molecule has 8 atom stereocenters. The Labute approximate surface area is 211 Å². The van der Waals surface area contributed by atoms with E-state index in [1.807, 2.05) is 0 Å². The van der Waals surface area contributed by atoms with Crippen LogP contribution in [0.1, 0.15) is 6.42 Å². The molecule has 30 heavy (non-hydrogen) atoms. The Hall–Kier alpha value is 0.320. The second-order valence-corrected chi connectivity index (χ2v) is 13.0. The van der Waals surface area contributed by atoms with Gasteiger partial charge >= 0.3 is 0 Å². The molecule has 3 saturated carbocycles. The van der Waals surface area contributed by atoms with Crippen molar-refractivity contribution in [1.29, 1.82) is 0 Å². The summed E-state index contributed by atoms with van der Waals surface area (Å²) in [6.07, 6.45) is 0.650. The van der Waals surface area contributed by atoms with Crippen LogP contribution < -0.4 is 4.90 Å². The number of rotatable bonds is 1. The lowest BCUT2D eigenvalue weighted by molar-refractivity contribution is -0.123. The predicted octanol–water partition coefficient (Wildman–Crippen LogP) is 6.28. The lowest BCUT2D eigenvalue weighted by atomic mass is 9.65. The van der Waals surface area contributed by atoms with E-state index in [1.165, 1.54) is 4.90 Å². The third kappa shape index (κ3) is 1.94. The highest BCUT2D eigenvalue weighted by Crippen LogP contribution is 2.84. The number of allylic oxidation sites excluding steroid dienone is 2. The van der Waals surface area contributed by atoms with Crippen LogP contribution in [0, 0.1) is 35.5 Å². The Morgan fingerprint density at radius 1 is 0.833 bits per heavy atom. The molecule has 0 unspecified atom stereocenters. The first-order valence-corrected chi connectivity index (χ1v) is 12.5. The number of amides is 2. The topological polar surface area (TPSA) is 37.4 Å². The van der Waals surface area contributed by atoms with Crippen LogP contribution in [0.15, 0.2) is 38.8 Å². The number of halogens is 7. The summed E-state index contributed by atoms with van der Waals surface area (Å²) in [7, 11) is 0. The largest absolute Gasteiger partial charge is 0.274 e. The molecule has 1 aromatic rings. The molecule has 0 radical (unpaired) electrons. The number of nitrogens with zero attached hydrogens (tertiary/aromatic N) is 1. The smallest absolute Gasteiger partial charge is 0.237 e. The van der Waals surface area contributed by atoms with Gasteiger partial charge in [0.2, 0.25) is 11.8 Å². The third-order valence-electron chi connectivity index (χ3n) is 7.92. The zero-order valence-corrected chi connectivity index (χ0v) is 21.0. The van der Waals surface area contributed by atoms with E-state index in [0.29, 0.717) is 12.1 Å². The van der Waals surface area contributed by atoms with E-state index in [9.17, 15) is 9.59 Å². The summed E-state index contributed by atoms with van der Waals surface area (Å²) in [4.78, 5) is 25.4. The van der Waals surface area contributed by atoms with Gasteiger partial charge in [0.25, 0.3) is 0 Å². The number of hydrogen-bond acceptors (Lipinski definition) is 2. The summed E-state index contributed by atoms with van der Waals surface area (Å²) in [5.74, 6) is -2.49. The van der Waals surface area contributed by atoms with Crippen molar-refractivity contribution < 1.29 is 9.59 Å². The molecule has 0 spiro atoms. The summed E-state index contributed by atoms with van der Waals surface area (Å²) < 4.78 is -0.777. The summed E-state index contributed by atoms with van der Waals surface area (Å²) >= 11 is 43.9. The SMILES string of the molecule is O=C1[C@@H]2[C@H]3C[C@@H]([C@@H]2C(=O)N1c1ccc(Br)cc1)[C@H]1[C@H]3[C@@]2(Cl)C(Cl)=C(Cl)[C@@]1(Cl)C2(Cl)Cl. The quantitative estimate of drug-likeness (QED) is 0.219. The molecule has 4 bridgehead atoms. The fraction of sp³-hybridized carbons (Fsp3) is 0.500. The molecule has 158 valence electrons. The van der Waals surface area contributed by atoms with Gasteiger partial charge in [-0.2, -0.15) is 0 Å². The number of anilines is 1. The number of carbonyl (C=O) groups excluding carboxylic acids is 2. The molecule has 1 aromatic carbocycles. The summed E-state index contributed by atoms with van der Waals surface area (Å²) in [5.41, 5.74) is 0.550. The minimum absolute atomic E-state index is 0.151. The van der Waals surface area contributed by atoms with Crippen LogP contribution in [0.2, 0.25) is 0 Å². The molecule has 3 nitrogen and oxygen atoms in total. The molecule has 2 amide bonds. The first-order valence-electron chi connectivity index (χ1n) is 9.44. The van der Waals surface area contributed by atoms with Crippen LogP contribution in [-0.4, -0.2) is 25.9 Å². The van der Waals surface area contributed by atoms with Gasteiger partial charge in [-0.05, 0) is 54.4 Å². The van der Waals surface area contributed by atoms with Gasteiger partial charge in [0.05, 0.1) is 27.6 Å². The van der Waals surface area contributed by atoms with Gasteiger partial charge < -0.3 is 0 Å². The first kappa shape index (κ1) is 20.9. The van der Waals surface area contributed by atoms with Crippen molar-refractivity contribution in [2.45, 2.75) is 20.5 Å².